The topological polar surface area (TPSA) is 154 Å². The summed E-state index contributed by atoms with van der Waals surface area (Å²) in [6.45, 7) is 0. The molecule has 0 aliphatic heterocycles. The van der Waals surface area contributed by atoms with Gasteiger partial charge in [0.15, 0.2) is 0 Å². The van der Waals surface area contributed by atoms with Gasteiger partial charge < -0.3 is 24.2 Å². The summed E-state index contributed by atoms with van der Waals surface area (Å²) in [5.74, 6) is -11.1. The van der Waals surface area contributed by atoms with Crippen LogP contribution < -0.4 is 0 Å². The van der Waals surface area contributed by atoms with Gasteiger partial charge in [-0.1, -0.05) is 0 Å². The number of aliphatic carboxylic acids is 2. The van der Waals surface area contributed by atoms with Crippen molar-refractivity contribution in [2.75, 3.05) is 0 Å². The Hall–Kier alpha value is -2.13. The number of halogens is 2. The molecule has 106 valence electrons. The van der Waals surface area contributed by atoms with E-state index in [-0.39, 0.29) is 18.9 Å². The van der Waals surface area contributed by atoms with Crippen molar-refractivity contribution < 1.29 is 56.9 Å². The molecule has 0 amide bonds. The summed E-state index contributed by atoms with van der Waals surface area (Å²) in [7, 11) is -2.87. The molecule has 20 heavy (non-hydrogen) atoms. The van der Waals surface area contributed by atoms with E-state index in [9.17, 15) is 32.8 Å². The quantitative estimate of drug-likeness (QED) is 0.416. The van der Waals surface area contributed by atoms with Gasteiger partial charge in [-0.05, 0) is 0 Å². The molecule has 0 aliphatic rings. The van der Waals surface area contributed by atoms with Crippen LogP contribution in [-0.4, -0.2) is 72.7 Å². The first-order valence-electron chi connectivity index (χ1n) is 4.01. The van der Waals surface area contributed by atoms with Crippen LogP contribution in [-0.2, 0) is 37.9 Å². The summed E-state index contributed by atoms with van der Waals surface area (Å²) >= 11 is 0. The van der Waals surface area contributed by atoms with E-state index in [1.54, 1.807) is 0 Å². The monoisotopic (exact) mass is 292 g/mol. The summed E-state index contributed by atoms with van der Waals surface area (Å²) in [4.78, 5) is 51.5. The van der Waals surface area contributed by atoms with Crippen LogP contribution in [0.25, 0.3) is 0 Å². The molecule has 0 saturated carbocycles. The Morgan fingerprint density at radius 3 is 1.45 bits per heavy atom. The molecule has 0 aromatic rings. The zero-order valence-corrected chi connectivity index (χ0v) is 8.57. The van der Waals surface area contributed by atoms with Crippen molar-refractivity contribution in [2.24, 2.45) is 0 Å². The van der Waals surface area contributed by atoms with Crippen molar-refractivity contribution in [1.29, 1.82) is 0 Å². The normalized spacial score (nSPS) is 8.95. The van der Waals surface area contributed by atoms with Crippen molar-refractivity contribution in [1.82, 2.24) is 0 Å². The van der Waals surface area contributed by atoms with Gasteiger partial charge in [0.05, 0.1) is 0 Å². The Labute approximate surface area is 120 Å². The number of carbonyl (C=O) groups excluding carboxylic acids is 3. The van der Waals surface area contributed by atoms with Gasteiger partial charge >= 0.3 is 62.5 Å². The zero-order chi connectivity index (χ0) is 15.2. The van der Waals surface area contributed by atoms with E-state index in [0.717, 1.165) is 0 Å². The van der Waals surface area contributed by atoms with Crippen molar-refractivity contribution in [3.63, 3.8) is 0 Å². The minimum absolute atomic E-state index is 0. The van der Waals surface area contributed by atoms with Crippen molar-refractivity contribution in [3.8, 4) is 0 Å². The second-order valence-electron chi connectivity index (χ2n) is 2.45. The summed E-state index contributed by atoms with van der Waals surface area (Å²) in [6, 6.07) is 0. The predicted octanol–water partition coefficient (Wildman–Crippen LogP) is -2.61. The van der Waals surface area contributed by atoms with Crippen LogP contribution >= 0.6 is 0 Å². The van der Waals surface area contributed by atoms with Crippen LogP contribution in [0.4, 0.5) is 8.78 Å². The van der Waals surface area contributed by atoms with Gasteiger partial charge in [0.2, 0.25) is 0 Å². The molecule has 0 bridgehead atoms. The van der Waals surface area contributed by atoms with E-state index in [1.807, 2.05) is 0 Å². The Kier molecular flexibility index (Phi) is 8.97. The van der Waals surface area contributed by atoms with Gasteiger partial charge in [0.25, 0.3) is 0 Å². The third-order valence-electron chi connectivity index (χ3n) is 1.15. The van der Waals surface area contributed by atoms with Crippen LogP contribution in [0.15, 0.2) is 0 Å². The molecule has 0 aromatic heterocycles. The number of carboxylic acid groups (broad SMARTS) is 2. The van der Waals surface area contributed by atoms with Gasteiger partial charge in [0.1, 0.15) is 0 Å². The SMILES string of the molecule is O=C(O)C(=O)OB(OC(=O)C(=O)O)OC(=O)C(F)F.[LiH]. The van der Waals surface area contributed by atoms with Crippen LogP contribution in [0.5, 0.6) is 0 Å². The fraction of sp³-hybridized carbons (Fsp3) is 0.167. The zero-order valence-electron chi connectivity index (χ0n) is 8.57. The first kappa shape index (κ1) is 20.2. The van der Waals surface area contributed by atoms with Gasteiger partial charge in [-0.15, -0.1) is 0 Å². The molecule has 0 unspecified atom stereocenters. The van der Waals surface area contributed by atoms with Gasteiger partial charge in [-0.3, -0.25) is 0 Å². The van der Waals surface area contributed by atoms with Crippen LogP contribution in [0.1, 0.15) is 0 Å². The number of alkyl halides is 2. The Bertz CT molecular complexity index is 398. The second-order valence-corrected chi connectivity index (χ2v) is 2.45. The average Bonchev–Trinajstić information content (AvgIpc) is 2.27. The summed E-state index contributed by atoms with van der Waals surface area (Å²) in [5, 5.41) is 16.2. The molecule has 0 aromatic carbocycles. The number of rotatable bonds is 4. The van der Waals surface area contributed by atoms with E-state index < -0.39 is 43.6 Å². The molecule has 0 aliphatic carbocycles. The van der Waals surface area contributed by atoms with Gasteiger partial charge in [-0.25, -0.2) is 24.0 Å². The van der Waals surface area contributed by atoms with Crippen molar-refractivity contribution >= 4 is 56.0 Å². The summed E-state index contributed by atoms with van der Waals surface area (Å²) in [6.07, 6.45) is -3.71. The van der Waals surface area contributed by atoms with Crippen molar-refractivity contribution in [2.45, 2.75) is 6.43 Å². The minimum atomic E-state index is -3.71. The molecular formula is C6H4BF2LiO10. The van der Waals surface area contributed by atoms with Crippen LogP contribution in [0, 0.1) is 0 Å². The Balaban J connectivity index is 0. The Morgan fingerprint density at radius 2 is 1.20 bits per heavy atom. The first-order chi connectivity index (χ1) is 8.65. The molecule has 0 saturated heterocycles. The standard InChI is InChI=1S/C6H3BF2O10.Li.H/c8-1(9)4(14)17-7(18-5(15)2(10)11)19-6(16)3(12)13;;/h1H,(H,10,11)(H,12,13);;. The number of hydrogen-bond acceptors (Lipinski definition) is 8. The Morgan fingerprint density at radius 1 is 0.850 bits per heavy atom. The third-order valence-corrected chi connectivity index (χ3v) is 1.15. The maximum atomic E-state index is 11.8. The fourth-order valence-corrected chi connectivity index (χ4v) is 0.494. The molecule has 14 heteroatoms. The number of carboxylic acids is 2. The molecule has 0 heterocycles. The van der Waals surface area contributed by atoms with Gasteiger partial charge in [-0.2, -0.15) is 8.78 Å². The molecule has 0 radical (unpaired) electrons. The fourth-order valence-electron chi connectivity index (χ4n) is 0.494. The van der Waals surface area contributed by atoms with Crippen LogP contribution in [0.3, 0.4) is 0 Å². The van der Waals surface area contributed by atoms with Crippen LogP contribution in [0.2, 0.25) is 0 Å². The van der Waals surface area contributed by atoms with Gasteiger partial charge in [0, 0.05) is 0 Å². The molecular weight excluding hydrogens is 288 g/mol. The molecule has 0 atom stereocenters. The van der Waals surface area contributed by atoms with E-state index in [0.29, 0.717) is 0 Å². The summed E-state index contributed by atoms with van der Waals surface area (Å²) in [5.41, 5.74) is 0. The first-order valence-corrected chi connectivity index (χ1v) is 4.01. The van der Waals surface area contributed by atoms with E-state index in [4.69, 9.17) is 10.2 Å². The van der Waals surface area contributed by atoms with E-state index in [2.05, 4.69) is 14.0 Å². The molecule has 0 rings (SSSR count). The molecule has 10 nitrogen and oxygen atoms in total. The second kappa shape index (κ2) is 8.89. The maximum absolute atomic E-state index is 11.8. The third kappa shape index (κ3) is 7.34. The molecule has 0 spiro atoms. The van der Waals surface area contributed by atoms with Crippen molar-refractivity contribution in [3.05, 3.63) is 0 Å². The predicted molar refractivity (Wildman–Crippen MR) is 52.5 cm³/mol. The molecule has 2 N–H and O–H groups in total. The molecule has 0 fully saturated rings. The summed E-state index contributed by atoms with van der Waals surface area (Å²) < 4.78 is 34.4. The van der Waals surface area contributed by atoms with E-state index >= 15 is 0 Å². The van der Waals surface area contributed by atoms with E-state index in [1.165, 1.54) is 0 Å². The average molecular weight is 292 g/mol. The number of hydrogen-bond donors (Lipinski definition) is 2. The number of carbonyl (C=O) groups is 5.